The van der Waals surface area contributed by atoms with Crippen molar-refractivity contribution in [1.29, 1.82) is 0 Å². The lowest BCUT2D eigenvalue weighted by Gasteiger charge is -2.28. The molecule has 1 aliphatic rings. The summed E-state index contributed by atoms with van der Waals surface area (Å²) in [4.78, 5) is 15.2. The van der Waals surface area contributed by atoms with Gasteiger partial charge in [-0.25, -0.2) is 8.42 Å². The predicted molar refractivity (Wildman–Crippen MR) is 120 cm³/mol. The Hall–Kier alpha value is -2.30. The number of carbonyl (C=O) groups is 1. The summed E-state index contributed by atoms with van der Waals surface area (Å²) >= 11 is 0. The second kappa shape index (κ2) is 12.1. The monoisotopic (exact) mass is 462 g/mol. The molecule has 1 aliphatic heterocycles. The van der Waals surface area contributed by atoms with Gasteiger partial charge >= 0.3 is 0 Å². The van der Waals surface area contributed by atoms with Gasteiger partial charge in [-0.15, -0.1) is 0 Å². The highest BCUT2D eigenvalue weighted by Gasteiger charge is 2.30. The lowest BCUT2D eigenvalue weighted by Crippen LogP contribution is -2.45. The van der Waals surface area contributed by atoms with Crippen molar-refractivity contribution in [1.82, 2.24) is 9.62 Å². The molecule has 1 atom stereocenters. The molecule has 1 fully saturated rings. The average Bonchev–Trinajstić information content (AvgIpc) is 2.78. The van der Waals surface area contributed by atoms with Crippen molar-refractivity contribution >= 4 is 15.9 Å². The molecule has 0 bridgehead atoms. The summed E-state index contributed by atoms with van der Waals surface area (Å²) in [6, 6.07) is 14.3. The first-order valence-electron chi connectivity index (χ1n) is 10.6. The number of nitrogens with one attached hydrogen (secondary N) is 1. The topological polar surface area (TPSA) is 94.2 Å². The molecule has 32 heavy (non-hydrogen) atoms. The molecule has 174 valence electrons. The van der Waals surface area contributed by atoms with Gasteiger partial charge in [-0.1, -0.05) is 48.0 Å². The second-order valence-corrected chi connectivity index (χ2v) is 9.15. The van der Waals surface area contributed by atoms with Gasteiger partial charge in [0.25, 0.3) is 0 Å². The molecule has 3 rings (SSSR count). The molecular weight excluding hydrogens is 432 g/mol. The fraction of sp³-hybridized carbons (Fsp3) is 0.435. The Morgan fingerprint density at radius 3 is 1.94 bits per heavy atom. The zero-order valence-corrected chi connectivity index (χ0v) is 19.1. The van der Waals surface area contributed by atoms with E-state index in [9.17, 15) is 13.2 Å². The number of hydrogen-bond acceptors (Lipinski definition) is 6. The minimum atomic E-state index is -3.92. The van der Waals surface area contributed by atoms with Gasteiger partial charge in [-0.05, 0) is 24.6 Å². The predicted octanol–water partition coefficient (Wildman–Crippen LogP) is 1.91. The lowest BCUT2D eigenvalue weighted by atomic mass is 10.1. The Morgan fingerprint density at radius 1 is 0.844 bits per heavy atom. The van der Waals surface area contributed by atoms with Gasteiger partial charge in [0, 0.05) is 13.1 Å². The summed E-state index contributed by atoms with van der Waals surface area (Å²) in [5.41, 5.74) is 1.51. The zero-order valence-electron chi connectivity index (χ0n) is 18.2. The molecule has 2 aromatic rings. The van der Waals surface area contributed by atoms with Gasteiger partial charge < -0.3 is 19.1 Å². The van der Waals surface area contributed by atoms with Crippen LogP contribution in [0.5, 0.6) is 0 Å². The molecule has 2 aromatic carbocycles. The largest absolute Gasteiger partial charge is 0.377 e. The van der Waals surface area contributed by atoms with E-state index in [-0.39, 0.29) is 10.8 Å². The van der Waals surface area contributed by atoms with Crippen molar-refractivity contribution in [2.75, 3.05) is 52.7 Å². The molecule has 0 saturated carbocycles. The maximum Gasteiger partial charge on any atom is 0.245 e. The molecule has 1 heterocycles. The van der Waals surface area contributed by atoms with Gasteiger partial charge in [0.1, 0.15) is 6.04 Å². The number of benzene rings is 2. The Balaban J connectivity index is 1.83. The molecule has 8 nitrogen and oxygen atoms in total. The van der Waals surface area contributed by atoms with Crippen LogP contribution in [-0.4, -0.2) is 72.0 Å². The van der Waals surface area contributed by atoms with Crippen LogP contribution in [-0.2, 0) is 29.0 Å². The summed E-state index contributed by atoms with van der Waals surface area (Å²) in [5.74, 6) is -0.354. The fourth-order valence-electron chi connectivity index (χ4n) is 3.25. The molecule has 0 unspecified atom stereocenters. The van der Waals surface area contributed by atoms with Crippen LogP contribution in [0.1, 0.15) is 17.2 Å². The summed E-state index contributed by atoms with van der Waals surface area (Å²) < 4.78 is 45.2. The average molecular weight is 463 g/mol. The number of carbonyl (C=O) groups excluding carboxylic acids is 1. The summed E-state index contributed by atoms with van der Waals surface area (Å²) in [6.07, 6.45) is 0. The molecule has 0 spiro atoms. The normalized spacial score (nSPS) is 17.7. The van der Waals surface area contributed by atoms with E-state index in [4.69, 9.17) is 14.2 Å². The smallest absolute Gasteiger partial charge is 0.245 e. The SMILES string of the molecule is Cc1ccc(S(=O)(=O)N[C@@H](C(=O)N2CCOCCOCCOCC2)c2ccccc2)cc1. The third-order valence-electron chi connectivity index (χ3n) is 5.05. The highest BCUT2D eigenvalue weighted by molar-refractivity contribution is 7.89. The molecular formula is C23H30N2O6S. The van der Waals surface area contributed by atoms with Crippen molar-refractivity contribution in [3.63, 3.8) is 0 Å². The third-order valence-corrected chi connectivity index (χ3v) is 6.49. The molecule has 0 radical (unpaired) electrons. The minimum Gasteiger partial charge on any atom is -0.377 e. The van der Waals surface area contributed by atoms with Crippen LogP contribution in [0.15, 0.2) is 59.5 Å². The highest BCUT2D eigenvalue weighted by Crippen LogP contribution is 2.20. The lowest BCUT2D eigenvalue weighted by molar-refractivity contribution is -0.135. The van der Waals surface area contributed by atoms with Crippen molar-refractivity contribution < 1.29 is 27.4 Å². The number of rotatable bonds is 5. The number of nitrogens with zero attached hydrogens (tertiary/aromatic N) is 1. The second-order valence-electron chi connectivity index (χ2n) is 7.44. The maximum absolute atomic E-state index is 13.5. The quantitative estimate of drug-likeness (QED) is 0.730. The molecule has 9 heteroatoms. The van der Waals surface area contributed by atoms with E-state index >= 15 is 0 Å². The first-order valence-corrected chi connectivity index (χ1v) is 12.1. The number of ether oxygens (including phenoxy) is 3. The number of sulfonamides is 1. The van der Waals surface area contributed by atoms with Gasteiger partial charge in [-0.2, -0.15) is 4.72 Å². The van der Waals surface area contributed by atoms with E-state index in [0.29, 0.717) is 58.3 Å². The molecule has 1 amide bonds. The Labute approximate surface area is 189 Å². The van der Waals surface area contributed by atoms with Crippen LogP contribution in [0, 0.1) is 6.92 Å². The molecule has 1 saturated heterocycles. The standard InChI is InChI=1S/C23H30N2O6S/c1-19-7-9-21(10-8-19)32(27,28)24-22(20-5-3-2-4-6-20)23(26)25-11-13-29-15-17-31-18-16-30-14-12-25/h2-10,22,24H,11-18H2,1H3/t22-/m1/s1. The van der Waals surface area contributed by atoms with Crippen LogP contribution in [0.2, 0.25) is 0 Å². The molecule has 0 aliphatic carbocycles. The van der Waals surface area contributed by atoms with Gasteiger partial charge in [0.2, 0.25) is 15.9 Å². The van der Waals surface area contributed by atoms with E-state index in [1.165, 1.54) is 12.1 Å². The van der Waals surface area contributed by atoms with Crippen LogP contribution in [0.3, 0.4) is 0 Å². The number of aryl methyl sites for hydroxylation is 1. The van der Waals surface area contributed by atoms with E-state index in [1.54, 1.807) is 41.3 Å². The van der Waals surface area contributed by atoms with E-state index in [1.807, 2.05) is 13.0 Å². The molecule has 1 N–H and O–H groups in total. The van der Waals surface area contributed by atoms with Crippen molar-refractivity contribution in [3.05, 3.63) is 65.7 Å². The third kappa shape index (κ3) is 7.11. The van der Waals surface area contributed by atoms with Crippen LogP contribution in [0.25, 0.3) is 0 Å². The summed E-state index contributed by atoms with van der Waals surface area (Å²) in [5, 5.41) is 0. The Kier molecular flexibility index (Phi) is 9.19. The van der Waals surface area contributed by atoms with Crippen LogP contribution in [0.4, 0.5) is 0 Å². The minimum absolute atomic E-state index is 0.109. The van der Waals surface area contributed by atoms with Crippen molar-refractivity contribution in [3.8, 4) is 0 Å². The zero-order chi connectivity index (χ0) is 22.8. The number of hydrogen-bond donors (Lipinski definition) is 1. The first-order chi connectivity index (χ1) is 15.5. The van der Waals surface area contributed by atoms with Crippen molar-refractivity contribution in [2.45, 2.75) is 17.9 Å². The van der Waals surface area contributed by atoms with Gasteiger partial charge in [0.05, 0.1) is 44.5 Å². The highest BCUT2D eigenvalue weighted by atomic mass is 32.2. The van der Waals surface area contributed by atoms with Crippen LogP contribution >= 0.6 is 0 Å². The Bertz CT molecular complexity index is 938. The van der Waals surface area contributed by atoms with Crippen molar-refractivity contribution in [2.24, 2.45) is 0 Å². The first kappa shape index (κ1) is 24.3. The Morgan fingerprint density at radius 2 is 1.38 bits per heavy atom. The summed E-state index contributed by atoms with van der Waals surface area (Å²) in [7, 11) is -3.92. The summed E-state index contributed by atoms with van der Waals surface area (Å²) in [6.45, 7) is 4.92. The van der Waals surface area contributed by atoms with Crippen LogP contribution < -0.4 is 4.72 Å². The number of amides is 1. The molecule has 0 aromatic heterocycles. The van der Waals surface area contributed by atoms with E-state index in [0.717, 1.165) is 5.56 Å². The van der Waals surface area contributed by atoms with Gasteiger partial charge in [0.15, 0.2) is 0 Å². The van der Waals surface area contributed by atoms with E-state index in [2.05, 4.69) is 4.72 Å². The van der Waals surface area contributed by atoms with Gasteiger partial charge in [-0.3, -0.25) is 4.79 Å². The fourth-order valence-corrected chi connectivity index (χ4v) is 4.43. The van der Waals surface area contributed by atoms with E-state index < -0.39 is 16.1 Å². The maximum atomic E-state index is 13.5.